The first-order valence-electron chi connectivity index (χ1n) is 14.5. The molecule has 0 radical (unpaired) electrons. The van der Waals surface area contributed by atoms with Gasteiger partial charge in [0.1, 0.15) is 5.65 Å². The van der Waals surface area contributed by atoms with Gasteiger partial charge in [0.25, 0.3) is 0 Å². The summed E-state index contributed by atoms with van der Waals surface area (Å²) in [7, 11) is 2.14. The zero-order valence-electron chi connectivity index (χ0n) is 23.6. The molecule has 0 atom stereocenters. The molecular formula is C37H27N5O. The Bertz CT molecular complexity index is 2150. The van der Waals surface area contributed by atoms with Crippen molar-refractivity contribution in [3.05, 3.63) is 134 Å². The molecule has 0 amide bonds. The smallest absolute Gasteiger partial charge is 0.151 e. The Labute approximate surface area is 249 Å². The Morgan fingerprint density at radius 3 is 2.26 bits per heavy atom. The predicted molar refractivity (Wildman–Crippen MR) is 175 cm³/mol. The fourth-order valence-electron chi connectivity index (χ4n) is 6.62. The maximum atomic E-state index is 6.47. The molecule has 4 heterocycles. The van der Waals surface area contributed by atoms with E-state index in [0.717, 1.165) is 63.2 Å². The SMILES string of the molecule is CN1CN(c2ccc3c(c2)N(c2cccc(-n4c5ccccc5c5cccnc54)c2)c2ccccc2O3)c2ccccc21. The van der Waals surface area contributed by atoms with E-state index in [4.69, 9.17) is 9.72 Å². The molecule has 9 rings (SSSR count). The first-order valence-corrected chi connectivity index (χ1v) is 14.5. The summed E-state index contributed by atoms with van der Waals surface area (Å²) in [4.78, 5) is 11.8. The summed E-state index contributed by atoms with van der Waals surface area (Å²) in [6, 6.07) is 44.7. The molecule has 0 saturated heterocycles. The molecule has 2 aromatic heterocycles. The molecule has 7 aromatic rings. The van der Waals surface area contributed by atoms with Crippen molar-refractivity contribution in [2.24, 2.45) is 0 Å². The highest BCUT2D eigenvalue weighted by Crippen LogP contribution is 2.52. The van der Waals surface area contributed by atoms with Crippen LogP contribution in [-0.4, -0.2) is 23.3 Å². The quantitative estimate of drug-likeness (QED) is 0.216. The van der Waals surface area contributed by atoms with Gasteiger partial charge in [-0.25, -0.2) is 4.98 Å². The molecule has 0 bridgehead atoms. The predicted octanol–water partition coefficient (Wildman–Crippen LogP) is 9.30. The average molecular weight is 558 g/mol. The van der Waals surface area contributed by atoms with E-state index in [9.17, 15) is 0 Å². The molecule has 6 heteroatoms. The fraction of sp³-hybridized carbons (Fsp3) is 0.0541. The van der Waals surface area contributed by atoms with Crippen LogP contribution in [-0.2, 0) is 0 Å². The molecule has 6 nitrogen and oxygen atoms in total. The van der Waals surface area contributed by atoms with Gasteiger partial charge in [-0.3, -0.25) is 4.57 Å². The number of nitrogens with zero attached hydrogens (tertiary/aromatic N) is 5. The summed E-state index contributed by atoms with van der Waals surface area (Å²) in [5.41, 5.74) is 9.74. The third kappa shape index (κ3) is 3.56. The summed E-state index contributed by atoms with van der Waals surface area (Å²) in [5.74, 6) is 1.66. The Balaban J connectivity index is 1.23. The standard InChI is InChI=1S/C37H27N5O/c1-39-24-40(32-16-5-4-15-31(32)39)25-19-20-36-34(23-25)41(33-17-6-7-18-35(33)43-36)26-10-8-11-27(22-26)42-30-14-3-2-12-28(30)29-13-9-21-38-37(29)42/h2-23H,24H2,1H3. The lowest BCUT2D eigenvalue weighted by Crippen LogP contribution is -2.24. The van der Waals surface area contributed by atoms with Crippen molar-refractivity contribution < 1.29 is 4.74 Å². The molecule has 0 N–H and O–H groups in total. The van der Waals surface area contributed by atoms with Gasteiger partial charge in [-0.05, 0) is 78.9 Å². The number of hydrogen-bond acceptors (Lipinski definition) is 5. The van der Waals surface area contributed by atoms with Crippen LogP contribution in [0, 0.1) is 0 Å². The summed E-state index contributed by atoms with van der Waals surface area (Å²) in [6.45, 7) is 0.784. The number of para-hydroxylation sites is 5. The fourth-order valence-corrected chi connectivity index (χ4v) is 6.62. The highest BCUT2D eigenvalue weighted by molar-refractivity contribution is 6.08. The largest absolute Gasteiger partial charge is 0.453 e. The Morgan fingerprint density at radius 1 is 0.581 bits per heavy atom. The highest BCUT2D eigenvalue weighted by atomic mass is 16.5. The summed E-state index contributed by atoms with van der Waals surface area (Å²) in [6.07, 6.45) is 1.87. The number of ether oxygens (including phenoxy) is 1. The third-order valence-corrected chi connectivity index (χ3v) is 8.54. The molecule has 0 unspecified atom stereocenters. The normalized spacial score (nSPS) is 13.7. The van der Waals surface area contributed by atoms with Crippen LogP contribution >= 0.6 is 0 Å². The lowest BCUT2D eigenvalue weighted by Gasteiger charge is -2.34. The van der Waals surface area contributed by atoms with Crippen LogP contribution in [0.25, 0.3) is 27.6 Å². The van der Waals surface area contributed by atoms with Gasteiger partial charge in [0.15, 0.2) is 11.5 Å². The Morgan fingerprint density at radius 2 is 1.33 bits per heavy atom. The van der Waals surface area contributed by atoms with Crippen LogP contribution in [0.5, 0.6) is 11.5 Å². The Kier molecular flexibility index (Phi) is 5.07. The van der Waals surface area contributed by atoms with Crippen LogP contribution in [0.3, 0.4) is 0 Å². The average Bonchev–Trinajstić information content (AvgIpc) is 3.58. The van der Waals surface area contributed by atoms with Crippen molar-refractivity contribution >= 4 is 56.1 Å². The highest BCUT2D eigenvalue weighted by Gasteiger charge is 2.29. The van der Waals surface area contributed by atoms with E-state index in [1.807, 2.05) is 24.4 Å². The van der Waals surface area contributed by atoms with Crippen LogP contribution in [0.1, 0.15) is 0 Å². The van der Waals surface area contributed by atoms with Gasteiger partial charge in [0.05, 0.1) is 34.9 Å². The van der Waals surface area contributed by atoms with Gasteiger partial charge in [-0.1, -0.05) is 48.5 Å². The lowest BCUT2D eigenvalue weighted by molar-refractivity contribution is 0.477. The number of benzene rings is 5. The molecule has 43 heavy (non-hydrogen) atoms. The van der Waals surface area contributed by atoms with Gasteiger partial charge in [0, 0.05) is 41.1 Å². The minimum absolute atomic E-state index is 0.784. The maximum Gasteiger partial charge on any atom is 0.151 e. The Hall–Kier alpha value is -5.75. The van der Waals surface area contributed by atoms with E-state index in [1.165, 1.54) is 16.8 Å². The summed E-state index contributed by atoms with van der Waals surface area (Å²) >= 11 is 0. The van der Waals surface area contributed by atoms with E-state index in [0.29, 0.717) is 0 Å². The first-order chi connectivity index (χ1) is 21.2. The van der Waals surface area contributed by atoms with Crippen molar-refractivity contribution in [3.63, 3.8) is 0 Å². The van der Waals surface area contributed by atoms with Crippen molar-refractivity contribution in [1.29, 1.82) is 0 Å². The molecule has 5 aromatic carbocycles. The van der Waals surface area contributed by atoms with Crippen LogP contribution < -0.4 is 19.4 Å². The zero-order valence-corrected chi connectivity index (χ0v) is 23.6. The van der Waals surface area contributed by atoms with E-state index >= 15 is 0 Å². The van der Waals surface area contributed by atoms with E-state index in [-0.39, 0.29) is 0 Å². The topological polar surface area (TPSA) is 36.8 Å². The summed E-state index contributed by atoms with van der Waals surface area (Å²) in [5, 5.41) is 2.34. The monoisotopic (exact) mass is 557 g/mol. The summed E-state index contributed by atoms with van der Waals surface area (Å²) < 4.78 is 8.73. The molecule has 0 aliphatic carbocycles. The van der Waals surface area contributed by atoms with Crippen LogP contribution in [0.15, 0.2) is 134 Å². The molecule has 0 spiro atoms. The van der Waals surface area contributed by atoms with Crippen molar-refractivity contribution in [2.45, 2.75) is 0 Å². The minimum Gasteiger partial charge on any atom is -0.453 e. The van der Waals surface area contributed by atoms with E-state index in [2.05, 4.69) is 136 Å². The number of rotatable bonds is 3. The zero-order chi connectivity index (χ0) is 28.5. The van der Waals surface area contributed by atoms with E-state index < -0.39 is 0 Å². The second-order valence-corrected chi connectivity index (χ2v) is 11.1. The number of anilines is 6. The van der Waals surface area contributed by atoms with Crippen molar-refractivity contribution in [2.75, 3.05) is 28.4 Å². The molecule has 2 aliphatic heterocycles. The number of pyridine rings is 1. The van der Waals surface area contributed by atoms with Crippen molar-refractivity contribution in [3.8, 4) is 17.2 Å². The minimum atomic E-state index is 0.784. The molecule has 2 aliphatic rings. The molecule has 0 saturated carbocycles. The van der Waals surface area contributed by atoms with E-state index in [1.54, 1.807) is 0 Å². The maximum absolute atomic E-state index is 6.47. The number of aromatic nitrogens is 2. The van der Waals surface area contributed by atoms with Gasteiger partial charge < -0.3 is 19.4 Å². The van der Waals surface area contributed by atoms with Gasteiger partial charge in [0.2, 0.25) is 0 Å². The molecular weight excluding hydrogens is 530 g/mol. The van der Waals surface area contributed by atoms with Gasteiger partial charge >= 0.3 is 0 Å². The molecule has 0 fully saturated rings. The number of fused-ring (bicyclic) bond motifs is 6. The third-order valence-electron chi connectivity index (χ3n) is 8.54. The van der Waals surface area contributed by atoms with Gasteiger partial charge in [-0.15, -0.1) is 0 Å². The molecule has 206 valence electrons. The second-order valence-electron chi connectivity index (χ2n) is 11.1. The number of hydrogen-bond donors (Lipinski definition) is 0. The van der Waals surface area contributed by atoms with Crippen LogP contribution in [0.4, 0.5) is 34.1 Å². The first kappa shape index (κ1) is 23.9. The second kappa shape index (κ2) is 9.13. The lowest BCUT2D eigenvalue weighted by atomic mass is 10.1. The van der Waals surface area contributed by atoms with Gasteiger partial charge in [-0.2, -0.15) is 0 Å². The van der Waals surface area contributed by atoms with Crippen molar-refractivity contribution in [1.82, 2.24) is 9.55 Å². The van der Waals surface area contributed by atoms with Crippen LogP contribution in [0.2, 0.25) is 0 Å².